The highest BCUT2D eigenvalue weighted by molar-refractivity contribution is 5.80. The van der Waals surface area contributed by atoms with E-state index in [0.717, 1.165) is 16.6 Å². The molecule has 4 aromatic rings. The summed E-state index contributed by atoms with van der Waals surface area (Å²) in [6.45, 7) is 1.95. The second kappa shape index (κ2) is 6.44. The first-order valence-corrected chi connectivity index (χ1v) is 8.21. The number of carboxylic acids is 1. The van der Waals surface area contributed by atoms with Gasteiger partial charge < -0.3 is 9.84 Å². The lowest BCUT2D eigenvalue weighted by atomic mass is 10.2. The maximum atomic E-state index is 10.9. The van der Waals surface area contributed by atoms with Crippen molar-refractivity contribution < 1.29 is 14.6 Å². The van der Waals surface area contributed by atoms with Gasteiger partial charge in [0.25, 0.3) is 5.88 Å². The Hall–Kier alpha value is -3.48. The molecule has 0 aliphatic rings. The minimum absolute atomic E-state index is 0.0224. The Labute approximate surface area is 148 Å². The molecule has 0 aliphatic heterocycles. The van der Waals surface area contributed by atoms with Crippen molar-refractivity contribution >= 4 is 22.6 Å². The maximum absolute atomic E-state index is 10.9. The SMILES string of the molecule is Cc1ccccc1Oc1nc2ccccc2n2c(CCC(=O)O)nnc12. The fourth-order valence-electron chi connectivity index (χ4n) is 2.84. The van der Waals surface area contributed by atoms with Gasteiger partial charge in [0.2, 0.25) is 5.65 Å². The number of aliphatic carboxylic acids is 1. The number of aryl methyl sites for hydroxylation is 2. The first-order chi connectivity index (χ1) is 12.6. The third-order valence-electron chi connectivity index (χ3n) is 4.13. The smallest absolute Gasteiger partial charge is 0.303 e. The van der Waals surface area contributed by atoms with Gasteiger partial charge in [-0.25, -0.2) is 4.98 Å². The summed E-state index contributed by atoms with van der Waals surface area (Å²) in [6.07, 6.45) is 0.250. The molecule has 0 aliphatic carbocycles. The van der Waals surface area contributed by atoms with Gasteiger partial charge in [-0.05, 0) is 30.7 Å². The second-order valence-corrected chi connectivity index (χ2v) is 5.94. The number of ether oxygens (including phenoxy) is 1. The van der Waals surface area contributed by atoms with Crippen molar-refractivity contribution in [1.82, 2.24) is 19.6 Å². The number of aromatic nitrogens is 4. The summed E-state index contributed by atoms with van der Waals surface area (Å²) in [5.41, 5.74) is 2.98. The number of para-hydroxylation sites is 3. The second-order valence-electron chi connectivity index (χ2n) is 5.94. The average Bonchev–Trinajstić information content (AvgIpc) is 3.06. The Morgan fingerprint density at radius 1 is 1.12 bits per heavy atom. The van der Waals surface area contributed by atoms with Crippen molar-refractivity contribution in [1.29, 1.82) is 0 Å². The monoisotopic (exact) mass is 348 g/mol. The van der Waals surface area contributed by atoms with E-state index in [1.807, 2.05) is 59.9 Å². The van der Waals surface area contributed by atoms with Crippen LogP contribution in [-0.4, -0.2) is 30.7 Å². The van der Waals surface area contributed by atoms with E-state index >= 15 is 0 Å². The number of rotatable bonds is 5. The van der Waals surface area contributed by atoms with E-state index in [2.05, 4.69) is 15.2 Å². The fraction of sp³-hybridized carbons (Fsp3) is 0.158. The van der Waals surface area contributed by atoms with Gasteiger partial charge in [-0.15, -0.1) is 10.2 Å². The van der Waals surface area contributed by atoms with E-state index in [0.29, 0.717) is 23.1 Å². The van der Waals surface area contributed by atoms with Crippen molar-refractivity contribution in [2.24, 2.45) is 0 Å². The van der Waals surface area contributed by atoms with E-state index in [4.69, 9.17) is 9.84 Å². The molecule has 1 N–H and O–H groups in total. The zero-order valence-electron chi connectivity index (χ0n) is 14.1. The van der Waals surface area contributed by atoms with Gasteiger partial charge in [0.1, 0.15) is 11.6 Å². The van der Waals surface area contributed by atoms with Crippen LogP contribution in [0.4, 0.5) is 0 Å². The molecule has 0 saturated carbocycles. The first kappa shape index (κ1) is 16.0. The zero-order chi connectivity index (χ0) is 18.1. The lowest BCUT2D eigenvalue weighted by Gasteiger charge is -2.10. The van der Waals surface area contributed by atoms with E-state index in [9.17, 15) is 4.79 Å². The summed E-state index contributed by atoms with van der Waals surface area (Å²) >= 11 is 0. The van der Waals surface area contributed by atoms with Crippen LogP contribution in [0.2, 0.25) is 0 Å². The van der Waals surface area contributed by atoms with Crippen LogP contribution in [-0.2, 0) is 11.2 Å². The standard InChI is InChI=1S/C19H16N4O3/c1-12-6-2-5-9-15(12)26-19-18-22-21-16(10-11-17(24)25)23(18)14-8-4-3-7-13(14)20-19/h2-9H,10-11H2,1H3,(H,24,25). The molecule has 0 atom stereocenters. The lowest BCUT2D eigenvalue weighted by Crippen LogP contribution is -2.03. The Morgan fingerprint density at radius 2 is 1.88 bits per heavy atom. The van der Waals surface area contributed by atoms with Crippen LogP contribution in [0.3, 0.4) is 0 Å². The van der Waals surface area contributed by atoms with E-state index in [1.54, 1.807) is 0 Å². The maximum Gasteiger partial charge on any atom is 0.303 e. The van der Waals surface area contributed by atoms with Crippen LogP contribution >= 0.6 is 0 Å². The molecule has 2 aromatic carbocycles. The highest BCUT2D eigenvalue weighted by atomic mass is 16.5. The largest absolute Gasteiger partial charge is 0.481 e. The summed E-state index contributed by atoms with van der Waals surface area (Å²) in [6, 6.07) is 15.2. The predicted molar refractivity (Wildman–Crippen MR) is 95.5 cm³/mol. The molecule has 0 saturated heterocycles. The van der Waals surface area contributed by atoms with Crippen LogP contribution in [0.5, 0.6) is 11.6 Å². The van der Waals surface area contributed by atoms with Crippen LogP contribution < -0.4 is 4.74 Å². The minimum Gasteiger partial charge on any atom is -0.481 e. The van der Waals surface area contributed by atoms with Crippen molar-refractivity contribution in [2.45, 2.75) is 19.8 Å². The van der Waals surface area contributed by atoms with Gasteiger partial charge in [0, 0.05) is 6.42 Å². The molecule has 0 bridgehead atoms. The Balaban J connectivity index is 1.90. The van der Waals surface area contributed by atoms with Crippen LogP contribution in [0, 0.1) is 6.92 Å². The van der Waals surface area contributed by atoms with Crippen molar-refractivity contribution in [3.05, 3.63) is 59.9 Å². The lowest BCUT2D eigenvalue weighted by molar-refractivity contribution is -0.137. The summed E-state index contributed by atoms with van der Waals surface area (Å²) in [5, 5.41) is 17.4. The zero-order valence-corrected chi connectivity index (χ0v) is 14.1. The molecule has 130 valence electrons. The topological polar surface area (TPSA) is 89.6 Å². The van der Waals surface area contributed by atoms with Crippen molar-refractivity contribution in [2.75, 3.05) is 0 Å². The van der Waals surface area contributed by atoms with Gasteiger partial charge >= 0.3 is 5.97 Å². The molecular weight excluding hydrogens is 332 g/mol. The van der Waals surface area contributed by atoms with Gasteiger partial charge in [0.15, 0.2) is 0 Å². The molecule has 7 heteroatoms. The van der Waals surface area contributed by atoms with Crippen molar-refractivity contribution in [3.8, 4) is 11.6 Å². The predicted octanol–water partition coefficient (Wildman–Crippen LogP) is 3.40. The molecule has 0 unspecified atom stereocenters. The fourth-order valence-corrected chi connectivity index (χ4v) is 2.84. The Morgan fingerprint density at radius 3 is 2.69 bits per heavy atom. The van der Waals surface area contributed by atoms with Crippen LogP contribution in [0.25, 0.3) is 16.7 Å². The summed E-state index contributed by atoms with van der Waals surface area (Å²) in [7, 11) is 0. The highest BCUT2D eigenvalue weighted by Gasteiger charge is 2.17. The molecule has 7 nitrogen and oxygen atoms in total. The number of hydrogen-bond acceptors (Lipinski definition) is 5. The molecule has 0 spiro atoms. The quantitative estimate of drug-likeness (QED) is 0.594. The van der Waals surface area contributed by atoms with E-state index in [1.165, 1.54) is 0 Å². The normalized spacial score (nSPS) is 11.1. The number of fused-ring (bicyclic) bond motifs is 3. The van der Waals surface area contributed by atoms with Gasteiger partial charge in [-0.1, -0.05) is 30.3 Å². The molecule has 2 heterocycles. The number of nitrogens with zero attached hydrogens (tertiary/aromatic N) is 4. The highest BCUT2D eigenvalue weighted by Crippen LogP contribution is 2.29. The molecule has 2 aromatic heterocycles. The number of carboxylic acid groups (broad SMARTS) is 1. The summed E-state index contributed by atoms with van der Waals surface area (Å²) in [5.74, 6) is 0.714. The third kappa shape index (κ3) is 2.83. The molecule has 4 rings (SSSR count). The molecule has 26 heavy (non-hydrogen) atoms. The van der Waals surface area contributed by atoms with E-state index in [-0.39, 0.29) is 12.8 Å². The first-order valence-electron chi connectivity index (χ1n) is 8.21. The molecule has 0 amide bonds. The van der Waals surface area contributed by atoms with Gasteiger partial charge in [-0.3, -0.25) is 9.20 Å². The van der Waals surface area contributed by atoms with Gasteiger partial charge in [-0.2, -0.15) is 0 Å². The summed E-state index contributed by atoms with van der Waals surface area (Å²) < 4.78 is 7.84. The average molecular weight is 348 g/mol. The minimum atomic E-state index is -0.878. The molecule has 0 radical (unpaired) electrons. The Bertz CT molecular complexity index is 1120. The molecular formula is C19H16N4O3. The van der Waals surface area contributed by atoms with E-state index < -0.39 is 5.97 Å². The molecule has 0 fully saturated rings. The Kier molecular flexibility index (Phi) is 3.96. The summed E-state index contributed by atoms with van der Waals surface area (Å²) in [4.78, 5) is 15.5. The number of carbonyl (C=O) groups is 1. The van der Waals surface area contributed by atoms with Crippen LogP contribution in [0.1, 0.15) is 17.8 Å². The van der Waals surface area contributed by atoms with Crippen LogP contribution in [0.15, 0.2) is 48.5 Å². The number of benzene rings is 2. The third-order valence-corrected chi connectivity index (χ3v) is 4.13. The number of hydrogen-bond donors (Lipinski definition) is 1. The van der Waals surface area contributed by atoms with Gasteiger partial charge in [0.05, 0.1) is 17.5 Å². The van der Waals surface area contributed by atoms with Crippen molar-refractivity contribution in [3.63, 3.8) is 0 Å².